The summed E-state index contributed by atoms with van der Waals surface area (Å²) in [6.07, 6.45) is 2.45. The maximum absolute atomic E-state index is 11.0. The first kappa shape index (κ1) is 15.4. The van der Waals surface area contributed by atoms with Crippen LogP contribution in [0.15, 0.2) is 0 Å². The third kappa shape index (κ3) is 9.93. The first-order chi connectivity index (χ1) is 7.70. The molecule has 1 unspecified atom stereocenters. The molecular formula is C12H24O4. The van der Waals surface area contributed by atoms with Crippen molar-refractivity contribution in [2.45, 2.75) is 46.1 Å². The molecule has 0 aromatic heterocycles. The molecule has 0 fully saturated rings. The molecule has 0 saturated carbocycles. The Morgan fingerprint density at radius 3 is 2.56 bits per heavy atom. The van der Waals surface area contributed by atoms with Gasteiger partial charge in [-0.05, 0) is 26.7 Å². The summed E-state index contributed by atoms with van der Waals surface area (Å²) in [5.41, 5.74) is 0. The molecule has 0 N–H and O–H groups in total. The highest BCUT2D eigenvalue weighted by molar-refractivity contribution is 5.69. The highest BCUT2D eigenvalue weighted by atomic mass is 16.5. The van der Waals surface area contributed by atoms with Gasteiger partial charge in [-0.25, -0.2) is 0 Å². The van der Waals surface area contributed by atoms with Gasteiger partial charge in [0, 0.05) is 13.0 Å². The van der Waals surface area contributed by atoms with E-state index >= 15 is 0 Å². The molecule has 0 aromatic carbocycles. The fourth-order valence-corrected chi connectivity index (χ4v) is 1.08. The first-order valence-corrected chi connectivity index (χ1v) is 6.05. The highest BCUT2D eigenvalue weighted by Crippen LogP contribution is 1.96. The van der Waals surface area contributed by atoms with E-state index in [4.69, 9.17) is 14.2 Å². The van der Waals surface area contributed by atoms with Crippen LogP contribution in [0.5, 0.6) is 0 Å². The lowest BCUT2D eigenvalue weighted by Gasteiger charge is -2.10. The van der Waals surface area contributed by atoms with E-state index < -0.39 is 0 Å². The second-order valence-electron chi connectivity index (χ2n) is 3.61. The van der Waals surface area contributed by atoms with Crippen molar-refractivity contribution in [3.8, 4) is 0 Å². The minimum absolute atomic E-state index is 0.151. The van der Waals surface area contributed by atoms with E-state index in [1.165, 1.54) is 0 Å². The lowest BCUT2D eigenvalue weighted by atomic mass is 10.3. The molecule has 0 rings (SSSR count). The van der Waals surface area contributed by atoms with Gasteiger partial charge in [0.1, 0.15) is 0 Å². The number of carbonyl (C=O) groups excluding carboxylic acids is 1. The van der Waals surface area contributed by atoms with E-state index in [1.807, 2.05) is 6.92 Å². The van der Waals surface area contributed by atoms with Crippen molar-refractivity contribution in [2.24, 2.45) is 0 Å². The lowest BCUT2D eigenvalue weighted by molar-refractivity contribution is -0.143. The summed E-state index contributed by atoms with van der Waals surface area (Å²) < 4.78 is 15.6. The molecule has 0 aliphatic rings. The largest absolute Gasteiger partial charge is 0.466 e. The Hall–Kier alpha value is -0.610. The Morgan fingerprint density at radius 2 is 1.94 bits per heavy atom. The minimum Gasteiger partial charge on any atom is -0.466 e. The maximum atomic E-state index is 11.0. The summed E-state index contributed by atoms with van der Waals surface area (Å²) >= 11 is 0. The Labute approximate surface area is 98.3 Å². The first-order valence-electron chi connectivity index (χ1n) is 6.05. The van der Waals surface area contributed by atoms with Crippen LogP contribution in [0.2, 0.25) is 0 Å². The smallest absolute Gasteiger partial charge is 0.305 e. The number of ether oxygens (including phenoxy) is 3. The quantitative estimate of drug-likeness (QED) is 0.428. The van der Waals surface area contributed by atoms with Gasteiger partial charge in [0.2, 0.25) is 0 Å². The molecule has 0 aliphatic heterocycles. The molecular weight excluding hydrogens is 208 g/mol. The van der Waals surface area contributed by atoms with Crippen molar-refractivity contribution < 1.29 is 19.0 Å². The van der Waals surface area contributed by atoms with Crippen LogP contribution in [0.1, 0.15) is 40.0 Å². The topological polar surface area (TPSA) is 44.8 Å². The van der Waals surface area contributed by atoms with Crippen LogP contribution in [0, 0.1) is 0 Å². The van der Waals surface area contributed by atoms with E-state index in [0.29, 0.717) is 45.4 Å². The lowest BCUT2D eigenvalue weighted by Crippen LogP contribution is -2.12. The van der Waals surface area contributed by atoms with Gasteiger partial charge in [-0.2, -0.15) is 0 Å². The van der Waals surface area contributed by atoms with E-state index in [2.05, 4.69) is 6.92 Å². The monoisotopic (exact) mass is 232 g/mol. The average Bonchev–Trinajstić information content (AvgIpc) is 2.27. The van der Waals surface area contributed by atoms with Crippen LogP contribution in [-0.2, 0) is 19.0 Å². The standard InChI is InChI=1S/C12H24O4/c1-4-11(3)16-10-9-14-8-6-7-12(13)15-5-2/h11H,4-10H2,1-3H3. The van der Waals surface area contributed by atoms with Crippen molar-refractivity contribution in [3.63, 3.8) is 0 Å². The average molecular weight is 232 g/mol. The van der Waals surface area contributed by atoms with E-state index in [9.17, 15) is 4.79 Å². The summed E-state index contributed by atoms with van der Waals surface area (Å²) in [7, 11) is 0. The molecule has 4 heteroatoms. The number of hydrogen-bond donors (Lipinski definition) is 0. The van der Waals surface area contributed by atoms with Gasteiger partial charge in [-0.1, -0.05) is 6.92 Å². The number of esters is 1. The molecule has 0 bridgehead atoms. The third-order valence-corrected chi connectivity index (χ3v) is 2.18. The summed E-state index contributed by atoms with van der Waals surface area (Å²) in [4.78, 5) is 11.0. The van der Waals surface area contributed by atoms with Crippen molar-refractivity contribution in [1.29, 1.82) is 0 Å². The fourth-order valence-electron chi connectivity index (χ4n) is 1.08. The van der Waals surface area contributed by atoms with Crippen molar-refractivity contribution in [2.75, 3.05) is 26.4 Å². The number of rotatable bonds is 10. The molecule has 16 heavy (non-hydrogen) atoms. The predicted octanol–water partition coefficient (Wildman–Crippen LogP) is 2.16. The third-order valence-electron chi connectivity index (χ3n) is 2.18. The van der Waals surface area contributed by atoms with Gasteiger partial charge in [-0.3, -0.25) is 4.79 Å². The zero-order chi connectivity index (χ0) is 12.2. The van der Waals surface area contributed by atoms with Gasteiger partial charge < -0.3 is 14.2 Å². The van der Waals surface area contributed by atoms with Crippen molar-refractivity contribution in [3.05, 3.63) is 0 Å². The van der Waals surface area contributed by atoms with E-state index in [0.717, 1.165) is 6.42 Å². The highest BCUT2D eigenvalue weighted by Gasteiger charge is 2.01. The fraction of sp³-hybridized carbons (Fsp3) is 0.917. The van der Waals surface area contributed by atoms with E-state index in [-0.39, 0.29) is 5.97 Å². The van der Waals surface area contributed by atoms with Crippen LogP contribution in [0.25, 0.3) is 0 Å². The zero-order valence-electron chi connectivity index (χ0n) is 10.7. The molecule has 0 radical (unpaired) electrons. The Bertz CT molecular complexity index is 170. The molecule has 1 atom stereocenters. The Kier molecular flexibility index (Phi) is 10.5. The molecule has 0 aliphatic carbocycles. The summed E-state index contributed by atoms with van der Waals surface area (Å²) in [6, 6.07) is 0. The van der Waals surface area contributed by atoms with Crippen molar-refractivity contribution >= 4 is 5.97 Å². The summed E-state index contributed by atoms with van der Waals surface area (Å²) in [5.74, 6) is -0.151. The van der Waals surface area contributed by atoms with E-state index in [1.54, 1.807) is 6.92 Å². The van der Waals surface area contributed by atoms with Gasteiger partial charge in [0.25, 0.3) is 0 Å². The van der Waals surface area contributed by atoms with Crippen LogP contribution in [0.3, 0.4) is 0 Å². The van der Waals surface area contributed by atoms with Crippen LogP contribution >= 0.6 is 0 Å². The Balaban J connectivity index is 3.12. The van der Waals surface area contributed by atoms with Gasteiger partial charge in [-0.15, -0.1) is 0 Å². The van der Waals surface area contributed by atoms with Crippen LogP contribution in [0.4, 0.5) is 0 Å². The molecule has 0 amide bonds. The SMILES string of the molecule is CCOC(=O)CCCOCCOC(C)CC. The zero-order valence-corrected chi connectivity index (χ0v) is 10.7. The second kappa shape index (κ2) is 10.9. The van der Waals surface area contributed by atoms with Crippen LogP contribution < -0.4 is 0 Å². The minimum atomic E-state index is -0.151. The molecule has 96 valence electrons. The van der Waals surface area contributed by atoms with Crippen LogP contribution in [-0.4, -0.2) is 38.5 Å². The Morgan fingerprint density at radius 1 is 1.19 bits per heavy atom. The van der Waals surface area contributed by atoms with Gasteiger partial charge >= 0.3 is 5.97 Å². The summed E-state index contributed by atoms with van der Waals surface area (Å²) in [6.45, 7) is 8.18. The number of hydrogen-bond acceptors (Lipinski definition) is 4. The maximum Gasteiger partial charge on any atom is 0.305 e. The predicted molar refractivity (Wildman–Crippen MR) is 62.4 cm³/mol. The molecule has 0 saturated heterocycles. The molecule has 4 nitrogen and oxygen atoms in total. The summed E-state index contributed by atoms with van der Waals surface area (Å²) in [5, 5.41) is 0. The number of carbonyl (C=O) groups is 1. The molecule has 0 heterocycles. The molecule has 0 spiro atoms. The van der Waals surface area contributed by atoms with Gasteiger partial charge in [0.15, 0.2) is 0 Å². The second-order valence-corrected chi connectivity index (χ2v) is 3.61. The van der Waals surface area contributed by atoms with Crippen molar-refractivity contribution in [1.82, 2.24) is 0 Å². The molecule has 0 aromatic rings. The van der Waals surface area contributed by atoms with Gasteiger partial charge in [0.05, 0.1) is 25.9 Å². The normalized spacial score (nSPS) is 12.4.